The molecular weight excluding hydrogens is 612 g/mol. The zero-order valence-electron chi connectivity index (χ0n) is 23.5. The van der Waals surface area contributed by atoms with Gasteiger partial charge in [0.25, 0.3) is 11.8 Å². The van der Waals surface area contributed by atoms with Crippen LogP contribution in [0.2, 0.25) is 5.02 Å². The average molecular weight is 639 g/mol. The van der Waals surface area contributed by atoms with Crippen LogP contribution in [0.3, 0.4) is 0 Å². The largest absolute Gasteiger partial charge is 0.321 e. The summed E-state index contributed by atoms with van der Waals surface area (Å²) in [7, 11) is 0. The van der Waals surface area contributed by atoms with E-state index in [0.29, 0.717) is 21.4 Å². The second-order valence-electron chi connectivity index (χ2n) is 9.65. The SMILES string of the molecule is Cc1ccc(/C=C(\NC(=O)c2ccccc2)C(=O)Nc2ccc(SCC(=O)Nc3nc(-c4ccc(Cl)cc4)cs3)cc2)cc1. The maximum Gasteiger partial charge on any atom is 0.272 e. The highest BCUT2D eigenvalue weighted by Gasteiger charge is 2.15. The molecule has 7 nitrogen and oxygen atoms in total. The third kappa shape index (κ3) is 8.67. The van der Waals surface area contributed by atoms with Gasteiger partial charge in [-0.05, 0) is 67.1 Å². The molecular formula is C34H27ClN4O3S2. The predicted octanol–water partition coefficient (Wildman–Crippen LogP) is 7.91. The summed E-state index contributed by atoms with van der Waals surface area (Å²) < 4.78 is 0. The predicted molar refractivity (Wildman–Crippen MR) is 180 cm³/mol. The first kappa shape index (κ1) is 30.7. The Morgan fingerprint density at radius 3 is 2.27 bits per heavy atom. The number of rotatable bonds is 10. The van der Waals surface area contributed by atoms with Crippen molar-refractivity contribution >= 4 is 69.3 Å². The molecule has 0 saturated heterocycles. The quantitative estimate of drug-likeness (QED) is 0.107. The van der Waals surface area contributed by atoms with E-state index in [1.54, 1.807) is 54.6 Å². The van der Waals surface area contributed by atoms with Crippen LogP contribution in [0, 0.1) is 6.92 Å². The van der Waals surface area contributed by atoms with Crippen molar-refractivity contribution in [1.29, 1.82) is 0 Å². The Morgan fingerprint density at radius 1 is 0.864 bits per heavy atom. The number of hydrogen-bond acceptors (Lipinski definition) is 6. The normalized spacial score (nSPS) is 11.1. The van der Waals surface area contributed by atoms with Crippen molar-refractivity contribution in [2.24, 2.45) is 0 Å². The molecule has 0 bridgehead atoms. The van der Waals surface area contributed by atoms with Crippen molar-refractivity contribution < 1.29 is 14.4 Å². The number of hydrogen-bond donors (Lipinski definition) is 3. The lowest BCUT2D eigenvalue weighted by atomic mass is 10.1. The van der Waals surface area contributed by atoms with Gasteiger partial charge in [-0.2, -0.15) is 0 Å². The summed E-state index contributed by atoms with van der Waals surface area (Å²) in [6, 6.07) is 30.9. The number of anilines is 2. The molecule has 44 heavy (non-hydrogen) atoms. The molecule has 0 aliphatic heterocycles. The second-order valence-corrected chi connectivity index (χ2v) is 12.0. The lowest BCUT2D eigenvalue weighted by molar-refractivity contribution is -0.114. The molecule has 10 heteroatoms. The van der Waals surface area contributed by atoms with Crippen LogP contribution in [-0.4, -0.2) is 28.5 Å². The molecule has 0 unspecified atom stereocenters. The number of carbonyl (C=O) groups is 3. The fourth-order valence-electron chi connectivity index (χ4n) is 3.99. The number of benzene rings is 4. The molecule has 1 aromatic heterocycles. The number of nitrogens with zero attached hydrogens (tertiary/aromatic N) is 1. The van der Waals surface area contributed by atoms with Gasteiger partial charge in [-0.3, -0.25) is 14.4 Å². The van der Waals surface area contributed by atoms with Crippen LogP contribution in [-0.2, 0) is 9.59 Å². The second kappa shape index (κ2) is 14.7. The van der Waals surface area contributed by atoms with Crippen molar-refractivity contribution in [2.75, 3.05) is 16.4 Å². The molecule has 1 heterocycles. The molecule has 5 aromatic rings. The van der Waals surface area contributed by atoms with Crippen molar-refractivity contribution in [2.45, 2.75) is 11.8 Å². The van der Waals surface area contributed by atoms with E-state index >= 15 is 0 Å². The minimum absolute atomic E-state index is 0.110. The van der Waals surface area contributed by atoms with Gasteiger partial charge < -0.3 is 16.0 Å². The van der Waals surface area contributed by atoms with Crippen molar-refractivity contribution in [3.63, 3.8) is 0 Å². The van der Waals surface area contributed by atoms with E-state index in [2.05, 4.69) is 20.9 Å². The minimum atomic E-state index is -0.462. The minimum Gasteiger partial charge on any atom is -0.321 e. The Labute approximate surface area is 268 Å². The number of thiazole rings is 1. The van der Waals surface area contributed by atoms with E-state index in [9.17, 15) is 14.4 Å². The van der Waals surface area contributed by atoms with Gasteiger partial charge in [-0.25, -0.2) is 4.98 Å². The van der Waals surface area contributed by atoms with Gasteiger partial charge in [0.2, 0.25) is 5.91 Å². The summed E-state index contributed by atoms with van der Waals surface area (Å²) in [4.78, 5) is 44.0. The van der Waals surface area contributed by atoms with Crippen LogP contribution in [0.4, 0.5) is 10.8 Å². The Balaban J connectivity index is 1.18. The van der Waals surface area contributed by atoms with Crippen molar-refractivity contribution in [1.82, 2.24) is 10.3 Å². The first-order valence-corrected chi connectivity index (χ1v) is 15.8. The summed E-state index contributed by atoms with van der Waals surface area (Å²) in [6.07, 6.45) is 1.64. The average Bonchev–Trinajstić information content (AvgIpc) is 3.50. The topological polar surface area (TPSA) is 100 Å². The first-order valence-electron chi connectivity index (χ1n) is 13.5. The van der Waals surface area contributed by atoms with E-state index in [-0.39, 0.29) is 23.3 Å². The lowest BCUT2D eigenvalue weighted by Crippen LogP contribution is -2.30. The van der Waals surface area contributed by atoms with Gasteiger partial charge >= 0.3 is 0 Å². The number of amides is 3. The van der Waals surface area contributed by atoms with E-state index < -0.39 is 5.91 Å². The van der Waals surface area contributed by atoms with E-state index in [4.69, 9.17) is 11.6 Å². The third-order valence-corrected chi connectivity index (χ3v) is 8.31. The Morgan fingerprint density at radius 2 is 1.57 bits per heavy atom. The molecule has 3 amide bonds. The number of aryl methyl sites for hydroxylation is 1. The molecule has 0 fully saturated rings. The summed E-state index contributed by atoms with van der Waals surface area (Å²) in [6.45, 7) is 1.98. The zero-order chi connectivity index (χ0) is 30.9. The van der Waals surface area contributed by atoms with Gasteiger partial charge in [-0.15, -0.1) is 23.1 Å². The molecule has 4 aromatic carbocycles. The van der Waals surface area contributed by atoms with Gasteiger partial charge in [0, 0.05) is 32.1 Å². The summed E-state index contributed by atoms with van der Waals surface area (Å²) in [5.74, 6) is -0.833. The Kier molecular flexibility index (Phi) is 10.2. The number of carbonyl (C=O) groups excluding carboxylic acids is 3. The number of halogens is 1. The molecule has 0 radical (unpaired) electrons. The molecule has 0 saturated carbocycles. The Bertz CT molecular complexity index is 1790. The summed E-state index contributed by atoms with van der Waals surface area (Å²) >= 11 is 8.68. The highest BCUT2D eigenvalue weighted by molar-refractivity contribution is 8.00. The van der Waals surface area contributed by atoms with Crippen molar-refractivity contribution in [3.05, 3.63) is 136 Å². The standard InChI is InChI=1S/C34H27ClN4O3S2/c1-22-7-9-23(10-8-22)19-29(37-32(41)25-5-3-2-4-6-25)33(42)36-27-15-17-28(18-16-27)43-21-31(40)39-34-38-30(20-44-34)24-11-13-26(35)14-12-24/h2-20H,21H2,1H3,(H,36,42)(H,37,41)(H,38,39,40)/b29-19-. The van der Waals surface area contributed by atoms with Crippen LogP contribution in [0.25, 0.3) is 17.3 Å². The van der Waals surface area contributed by atoms with Crippen LogP contribution in [0.5, 0.6) is 0 Å². The fourth-order valence-corrected chi connectivity index (χ4v) is 5.55. The molecule has 0 atom stereocenters. The third-order valence-electron chi connectivity index (χ3n) is 6.29. The summed E-state index contributed by atoms with van der Waals surface area (Å²) in [5, 5.41) is 11.5. The molecule has 0 aliphatic rings. The monoisotopic (exact) mass is 638 g/mol. The first-order chi connectivity index (χ1) is 21.3. The molecule has 0 spiro atoms. The van der Waals surface area contributed by atoms with Gasteiger partial charge in [0.05, 0.1) is 11.4 Å². The van der Waals surface area contributed by atoms with E-state index in [0.717, 1.165) is 27.3 Å². The molecule has 220 valence electrons. The van der Waals surface area contributed by atoms with Crippen molar-refractivity contribution in [3.8, 4) is 11.3 Å². The highest BCUT2D eigenvalue weighted by atomic mass is 35.5. The Hall–Kier alpha value is -4.70. The maximum absolute atomic E-state index is 13.3. The van der Waals surface area contributed by atoms with Crippen LogP contribution < -0.4 is 16.0 Å². The zero-order valence-corrected chi connectivity index (χ0v) is 25.9. The van der Waals surface area contributed by atoms with Gasteiger partial charge in [0.1, 0.15) is 5.70 Å². The fraction of sp³-hybridized carbons (Fsp3) is 0.0588. The summed E-state index contributed by atoms with van der Waals surface area (Å²) in [5.41, 5.74) is 4.65. The van der Waals surface area contributed by atoms with E-state index in [1.165, 1.54) is 23.1 Å². The number of aromatic nitrogens is 1. The molecule has 3 N–H and O–H groups in total. The van der Waals surface area contributed by atoms with E-state index in [1.807, 2.05) is 66.9 Å². The smallest absolute Gasteiger partial charge is 0.272 e. The number of thioether (sulfide) groups is 1. The van der Waals surface area contributed by atoms with Crippen LogP contribution in [0.1, 0.15) is 21.5 Å². The van der Waals surface area contributed by atoms with Crippen LogP contribution in [0.15, 0.2) is 119 Å². The van der Waals surface area contributed by atoms with Gasteiger partial charge in [0.15, 0.2) is 5.13 Å². The maximum atomic E-state index is 13.3. The van der Waals surface area contributed by atoms with Gasteiger partial charge in [-0.1, -0.05) is 71.8 Å². The molecule has 0 aliphatic carbocycles. The number of nitrogens with one attached hydrogen (secondary N) is 3. The van der Waals surface area contributed by atoms with Crippen LogP contribution >= 0.6 is 34.7 Å². The molecule has 5 rings (SSSR count). The highest BCUT2D eigenvalue weighted by Crippen LogP contribution is 2.27. The lowest BCUT2D eigenvalue weighted by Gasteiger charge is -2.12.